The van der Waals surface area contributed by atoms with Crippen molar-refractivity contribution in [3.63, 3.8) is 0 Å². The van der Waals surface area contributed by atoms with Gasteiger partial charge in [0.25, 0.3) is 0 Å². The van der Waals surface area contributed by atoms with Crippen LogP contribution >= 0.6 is 0 Å². The van der Waals surface area contributed by atoms with Crippen molar-refractivity contribution < 1.29 is 4.79 Å². The summed E-state index contributed by atoms with van der Waals surface area (Å²) in [5.74, 6) is 0.298. The molecular weight excluding hydrogens is 212 g/mol. The first kappa shape index (κ1) is 12.6. The average Bonchev–Trinajstić information content (AvgIpc) is 2.76. The van der Waals surface area contributed by atoms with Crippen LogP contribution in [-0.4, -0.2) is 36.5 Å². The molecule has 1 heterocycles. The predicted molar refractivity (Wildman–Crippen MR) is 69.7 cm³/mol. The van der Waals surface area contributed by atoms with Gasteiger partial charge in [0.2, 0.25) is 5.91 Å². The maximum Gasteiger partial charge on any atom is 0.239 e. The molecule has 0 aromatic carbocycles. The van der Waals surface area contributed by atoms with E-state index in [0.717, 1.165) is 32.2 Å². The number of carbonyl (C=O) groups is 1. The average molecular weight is 236 g/mol. The molecule has 2 rings (SSSR count). The van der Waals surface area contributed by atoms with Crippen molar-refractivity contribution >= 4 is 5.91 Å². The lowest BCUT2D eigenvalue weighted by Crippen LogP contribution is -2.49. The van der Waals surface area contributed by atoms with Crippen molar-refractivity contribution in [1.82, 2.24) is 10.2 Å². The molecule has 1 fully saturated rings. The first-order valence-electron chi connectivity index (χ1n) is 6.66. The first-order valence-corrected chi connectivity index (χ1v) is 6.66. The minimum Gasteiger partial charge on any atom is -0.337 e. The molecule has 2 aliphatic rings. The zero-order valence-corrected chi connectivity index (χ0v) is 11.2. The lowest BCUT2D eigenvalue weighted by atomic mass is 9.87. The fraction of sp³-hybridized carbons (Fsp3) is 0.786. The number of nitrogens with one attached hydrogen (secondary N) is 1. The van der Waals surface area contributed by atoms with Crippen molar-refractivity contribution in [3.8, 4) is 0 Å². The molecule has 3 heteroatoms. The highest BCUT2D eigenvalue weighted by atomic mass is 16.2. The van der Waals surface area contributed by atoms with Gasteiger partial charge in [0.1, 0.15) is 0 Å². The maximum absolute atomic E-state index is 12.5. The van der Waals surface area contributed by atoms with Crippen LogP contribution in [-0.2, 0) is 4.79 Å². The van der Waals surface area contributed by atoms with E-state index in [1.54, 1.807) is 0 Å². The molecule has 0 radical (unpaired) electrons. The molecule has 3 nitrogen and oxygen atoms in total. The number of amides is 1. The Morgan fingerprint density at radius 1 is 1.35 bits per heavy atom. The van der Waals surface area contributed by atoms with Crippen molar-refractivity contribution in [2.45, 2.75) is 51.6 Å². The summed E-state index contributed by atoms with van der Waals surface area (Å²) < 4.78 is 0. The molecule has 1 amide bonds. The van der Waals surface area contributed by atoms with Gasteiger partial charge in [-0.1, -0.05) is 26.0 Å². The molecule has 0 aromatic heterocycles. The van der Waals surface area contributed by atoms with Gasteiger partial charge < -0.3 is 10.2 Å². The molecule has 1 aliphatic carbocycles. The Bertz CT molecular complexity index is 314. The highest BCUT2D eigenvalue weighted by molar-refractivity contribution is 5.82. The first-order chi connectivity index (χ1) is 8.03. The van der Waals surface area contributed by atoms with E-state index in [4.69, 9.17) is 0 Å². The van der Waals surface area contributed by atoms with Gasteiger partial charge in [-0.15, -0.1) is 0 Å². The van der Waals surface area contributed by atoms with Crippen LogP contribution in [0.1, 0.15) is 39.5 Å². The zero-order valence-electron chi connectivity index (χ0n) is 11.2. The Balaban J connectivity index is 2.16. The van der Waals surface area contributed by atoms with Crippen LogP contribution in [0.5, 0.6) is 0 Å². The standard InChI is InChI=1S/C14H24N2O/c1-14(2)9-8-12(15-3)13(17)16(10-14)11-6-4-5-7-11/h4-5,11-12,15H,6-10H2,1-3H3. The second kappa shape index (κ2) is 4.81. The Kier molecular flexibility index (Phi) is 3.57. The molecule has 0 saturated carbocycles. The zero-order chi connectivity index (χ0) is 12.5. The topological polar surface area (TPSA) is 32.3 Å². The maximum atomic E-state index is 12.5. The molecule has 1 N–H and O–H groups in total. The molecular formula is C14H24N2O. The van der Waals surface area contributed by atoms with E-state index in [9.17, 15) is 4.79 Å². The summed E-state index contributed by atoms with van der Waals surface area (Å²) in [6, 6.07) is 0.410. The van der Waals surface area contributed by atoms with Crippen molar-refractivity contribution in [1.29, 1.82) is 0 Å². The molecule has 1 atom stereocenters. The van der Waals surface area contributed by atoms with Gasteiger partial charge in [-0.25, -0.2) is 0 Å². The second-order valence-electron chi connectivity index (χ2n) is 6.11. The fourth-order valence-corrected chi connectivity index (χ4v) is 2.91. The molecule has 0 bridgehead atoms. The Labute approximate surface area is 104 Å². The molecule has 1 unspecified atom stereocenters. The number of hydrogen-bond acceptors (Lipinski definition) is 2. The van der Waals surface area contributed by atoms with E-state index in [0.29, 0.717) is 11.9 Å². The number of likely N-dealkylation sites (tertiary alicyclic amines) is 1. The minimum atomic E-state index is 0.0115. The van der Waals surface area contributed by atoms with Crippen LogP contribution in [0.3, 0.4) is 0 Å². The van der Waals surface area contributed by atoms with Crippen LogP contribution in [0, 0.1) is 5.41 Å². The molecule has 0 aromatic rings. The predicted octanol–water partition coefficient (Wildman–Crippen LogP) is 1.94. The SMILES string of the molecule is CNC1CCC(C)(C)CN(C2CC=CC2)C1=O. The van der Waals surface area contributed by atoms with Gasteiger partial charge in [0.15, 0.2) is 0 Å². The van der Waals surface area contributed by atoms with E-state index in [1.165, 1.54) is 0 Å². The third-order valence-electron chi connectivity index (χ3n) is 4.06. The monoisotopic (exact) mass is 236 g/mol. The summed E-state index contributed by atoms with van der Waals surface area (Å²) >= 11 is 0. The molecule has 1 aliphatic heterocycles. The van der Waals surface area contributed by atoms with Gasteiger partial charge >= 0.3 is 0 Å². The minimum absolute atomic E-state index is 0.0115. The van der Waals surface area contributed by atoms with E-state index in [-0.39, 0.29) is 11.5 Å². The number of rotatable bonds is 2. The van der Waals surface area contributed by atoms with Crippen LogP contribution in [0.2, 0.25) is 0 Å². The fourth-order valence-electron chi connectivity index (χ4n) is 2.91. The van der Waals surface area contributed by atoms with Crippen molar-refractivity contribution in [2.24, 2.45) is 5.41 Å². The molecule has 96 valence electrons. The normalized spacial score (nSPS) is 29.7. The summed E-state index contributed by atoms with van der Waals surface area (Å²) in [4.78, 5) is 14.6. The summed E-state index contributed by atoms with van der Waals surface area (Å²) in [5.41, 5.74) is 0.240. The summed E-state index contributed by atoms with van der Waals surface area (Å²) in [7, 11) is 1.89. The lowest BCUT2D eigenvalue weighted by Gasteiger charge is -2.34. The molecule has 1 saturated heterocycles. The van der Waals surface area contributed by atoms with Crippen LogP contribution in [0.15, 0.2) is 12.2 Å². The Morgan fingerprint density at radius 2 is 2.00 bits per heavy atom. The highest BCUT2D eigenvalue weighted by Gasteiger charge is 2.37. The largest absolute Gasteiger partial charge is 0.337 e. The number of likely N-dealkylation sites (N-methyl/N-ethyl adjacent to an activating group) is 1. The van der Waals surface area contributed by atoms with Gasteiger partial charge in [-0.2, -0.15) is 0 Å². The highest BCUT2D eigenvalue weighted by Crippen LogP contribution is 2.31. The number of hydrogen-bond donors (Lipinski definition) is 1. The van der Waals surface area contributed by atoms with Crippen LogP contribution in [0.4, 0.5) is 0 Å². The smallest absolute Gasteiger partial charge is 0.239 e. The van der Waals surface area contributed by atoms with Crippen molar-refractivity contribution in [2.75, 3.05) is 13.6 Å². The Hall–Kier alpha value is -0.830. The lowest BCUT2D eigenvalue weighted by molar-refractivity contribution is -0.135. The number of carbonyl (C=O) groups excluding carboxylic acids is 1. The number of nitrogens with zero attached hydrogens (tertiary/aromatic N) is 1. The van der Waals surface area contributed by atoms with E-state index >= 15 is 0 Å². The summed E-state index contributed by atoms with van der Waals surface area (Å²) in [6.07, 6.45) is 8.52. The molecule has 0 spiro atoms. The summed E-state index contributed by atoms with van der Waals surface area (Å²) in [5, 5.41) is 3.17. The second-order valence-corrected chi connectivity index (χ2v) is 6.11. The van der Waals surface area contributed by atoms with Crippen LogP contribution < -0.4 is 5.32 Å². The molecule has 17 heavy (non-hydrogen) atoms. The van der Waals surface area contributed by atoms with E-state index in [2.05, 4.69) is 36.2 Å². The third-order valence-corrected chi connectivity index (χ3v) is 4.06. The van der Waals surface area contributed by atoms with Gasteiger partial charge in [0.05, 0.1) is 6.04 Å². The van der Waals surface area contributed by atoms with E-state index in [1.807, 2.05) is 7.05 Å². The van der Waals surface area contributed by atoms with Crippen molar-refractivity contribution in [3.05, 3.63) is 12.2 Å². The van der Waals surface area contributed by atoms with Gasteiger partial charge in [-0.05, 0) is 38.1 Å². The quantitative estimate of drug-likeness (QED) is 0.743. The van der Waals surface area contributed by atoms with Gasteiger partial charge in [-0.3, -0.25) is 4.79 Å². The third kappa shape index (κ3) is 2.71. The summed E-state index contributed by atoms with van der Waals surface area (Å²) in [6.45, 7) is 5.44. The van der Waals surface area contributed by atoms with Crippen LogP contribution in [0.25, 0.3) is 0 Å². The Morgan fingerprint density at radius 3 is 2.59 bits per heavy atom. The van der Waals surface area contributed by atoms with Gasteiger partial charge in [0, 0.05) is 12.6 Å². The van der Waals surface area contributed by atoms with E-state index < -0.39 is 0 Å².